The lowest BCUT2D eigenvalue weighted by Crippen LogP contribution is -2.17. The molecule has 0 aliphatic heterocycles. The molecule has 0 aromatic rings. The van der Waals surface area contributed by atoms with E-state index in [-0.39, 0.29) is 0 Å². The monoisotopic (exact) mass is 225 g/mol. The van der Waals surface area contributed by atoms with E-state index in [4.69, 9.17) is 5.11 Å². The van der Waals surface area contributed by atoms with Gasteiger partial charge in [0.05, 0.1) is 0 Å². The first-order valence-electron chi connectivity index (χ1n) is 6.93. The molecule has 0 aromatic heterocycles. The van der Waals surface area contributed by atoms with Gasteiger partial charge in [0.15, 0.2) is 0 Å². The van der Waals surface area contributed by atoms with Gasteiger partial charge in [0.25, 0.3) is 0 Å². The second kappa shape index (κ2) is 9.86. The van der Waals surface area contributed by atoms with Gasteiger partial charge >= 0.3 is 0 Å². The van der Waals surface area contributed by atoms with Crippen LogP contribution >= 0.6 is 0 Å². The predicted molar refractivity (Wildman–Crippen MR) is 69.6 cm³/mol. The summed E-state index contributed by atoms with van der Waals surface area (Å²) in [5.74, 6) is 0. The largest absolute Gasteiger partial charge is 0.396 e. The molecule has 94 valence electrons. The number of hydrogen-bond acceptors (Lipinski definition) is 2. The number of aliphatic hydroxyl groups excluding tert-OH is 1. The molecule has 0 unspecified atom stereocenters. The molecule has 0 heterocycles. The number of nitrogens with one attached hydrogen (secondary N) is 1. The van der Waals surface area contributed by atoms with Gasteiger partial charge in [-0.25, -0.2) is 0 Å². The molecule has 0 aromatic carbocycles. The van der Waals surface area contributed by atoms with Crippen molar-refractivity contribution in [2.24, 2.45) is 0 Å². The molecule has 1 rings (SSSR count). The van der Waals surface area contributed by atoms with Crippen molar-refractivity contribution in [1.29, 1.82) is 0 Å². The first-order valence-corrected chi connectivity index (χ1v) is 6.93. The van der Waals surface area contributed by atoms with E-state index in [0.29, 0.717) is 6.61 Å². The van der Waals surface area contributed by atoms with E-state index >= 15 is 0 Å². The zero-order valence-electron chi connectivity index (χ0n) is 10.5. The number of unbranched alkanes of at least 4 members (excludes halogenated alkanes) is 3. The first-order chi connectivity index (χ1) is 7.93. The molecule has 2 N–H and O–H groups in total. The zero-order valence-corrected chi connectivity index (χ0v) is 10.5. The number of allylic oxidation sites excluding steroid dienone is 1. The number of aliphatic hydroxyl groups is 1. The second-order valence-electron chi connectivity index (χ2n) is 4.75. The van der Waals surface area contributed by atoms with E-state index in [1.807, 2.05) is 0 Å². The summed E-state index contributed by atoms with van der Waals surface area (Å²) in [4.78, 5) is 0. The highest BCUT2D eigenvalue weighted by atomic mass is 16.2. The minimum atomic E-state index is 0.349. The van der Waals surface area contributed by atoms with Crippen LogP contribution in [0.1, 0.15) is 57.8 Å². The highest BCUT2D eigenvalue weighted by Gasteiger charge is 2.02. The minimum absolute atomic E-state index is 0.349. The lowest BCUT2D eigenvalue weighted by atomic mass is 9.97. The molecule has 0 bridgehead atoms. The van der Waals surface area contributed by atoms with E-state index in [1.54, 1.807) is 5.57 Å². The summed E-state index contributed by atoms with van der Waals surface area (Å²) in [7, 11) is 0. The zero-order chi connectivity index (χ0) is 11.5. The van der Waals surface area contributed by atoms with Crippen LogP contribution in [-0.4, -0.2) is 24.8 Å². The Hall–Kier alpha value is -0.340. The van der Waals surface area contributed by atoms with Crippen LogP contribution in [-0.2, 0) is 0 Å². The molecule has 0 atom stereocenters. The third-order valence-corrected chi connectivity index (χ3v) is 3.27. The van der Waals surface area contributed by atoms with Crippen molar-refractivity contribution in [3.63, 3.8) is 0 Å². The Bertz CT molecular complexity index is 189. The molecular weight excluding hydrogens is 198 g/mol. The van der Waals surface area contributed by atoms with Gasteiger partial charge in [-0.15, -0.1) is 0 Å². The normalized spacial score (nSPS) is 16.2. The van der Waals surface area contributed by atoms with Crippen LogP contribution in [0, 0.1) is 0 Å². The van der Waals surface area contributed by atoms with Crippen LogP contribution in [0.4, 0.5) is 0 Å². The second-order valence-corrected chi connectivity index (χ2v) is 4.75. The summed E-state index contributed by atoms with van der Waals surface area (Å²) < 4.78 is 0. The highest BCUT2D eigenvalue weighted by molar-refractivity contribution is 5.05. The van der Waals surface area contributed by atoms with Gasteiger partial charge in [0.2, 0.25) is 0 Å². The molecule has 0 saturated heterocycles. The van der Waals surface area contributed by atoms with Crippen molar-refractivity contribution in [3.8, 4) is 0 Å². The summed E-state index contributed by atoms with van der Waals surface area (Å²) >= 11 is 0. The van der Waals surface area contributed by atoms with Crippen LogP contribution in [0.5, 0.6) is 0 Å². The molecule has 1 aliphatic carbocycles. The van der Waals surface area contributed by atoms with Crippen molar-refractivity contribution < 1.29 is 5.11 Å². The summed E-state index contributed by atoms with van der Waals surface area (Å²) in [6.45, 7) is 2.63. The molecule has 1 aliphatic rings. The highest BCUT2D eigenvalue weighted by Crippen LogP contribution is 2.19. The fourth-order valence-corrected chi connectivity index (χ4v) is 2.22. The predicted octanol–water partition coefficient (Wildman–Crippen LogP) is 3.02. The standard InChI is InChI=1S/C14H27NO/c16-13-7-2-1-6-11-15-12-10-14-8-4-3-5-9-14/h8,15-16H,1-7,9-13H2. The smallest absolute Gasteiger partial charge is 0.0431 e. The van der Waals surface area contributed by atoms with Crippen LogP contribution in [0.25, 0.3) is 0 Å². The van der Waals surface area contributed by atoms with Crippen molar-refractivity contribution in [1.82, 2.24) is 5.32 Å². The molecule has 0 saturated carbocycles. The van der Waals surface area contributed by atoms with Crippen LogP contribution < -0.4 is 5.32 Å². The molecule has 0 spiro atoms. The van der Waals surface area contributed by atoms with Crippen molar-refractivity contribution >= 4 is 0 Å². The van der Waals surface area contributed by atoms with E-state index in [0.717, 1.165) is 19.5 Å². The minimum Gasteiger partial charge on any atom is -0.396 e. The Morgan fingerprint density at radius 3 is 2.69 bits per heavy atom. The van der Waals surface area contributed by atoms with Gasteiger partial charge in [-0.05, 0) is 58.0 Å². The van der Waals surface area contributed by atoms with E-state index in [9.17, 15) is 0 Å². The molecule has 0 amide bonds. The molecule has 0 fully saturated rings. The van der Waals surface area contributed by atoms with Gasteiger partial charge in [-0.3, -0.25) is 0 Å². The molecular formula is C14H27NO. The Balaban J connectivity index is 1.82. The van der Waals surface area contributed by atoms with Gasteiger partial charge in [-0.2, -0.15) is 0 Å². The third-order valence-electron chi connectivity index (χ3n) is 3.27. The van der Waals surface area contributed by atoms with Gasteiger partial charge in [0, 0.05) is 6.61 Å². The maximum absolute atomic E-state index is 8.63. The Morgan fingerprint density at radius 1 is 1.06 bits per heavy atom. The Labute approximate surface area is 100 Å². The van der Waals surface area contributed by atoms with Crippen molar-refractivity contribution in [2.45, 2.75) is 57.8 Å². The van der Waals surface area contributed by atoms with Crippen molar-refractivity contribution in [3.05, 3.63) is 11.6 Å². The Morgan fingerprint density at radius 2 is 1.94 bits per heavy atom. The topological polar surface area (TPSA) is 32.3 Å². The average Bonchev–Trinajstić information content (AvgIpc) is 2.34. The Kier molecular flexibility index (Phi) is 8.45. The van der Waals surface area contributed by atoms with Crippen molar-refractivity contribution in [2.75, 3.05) is 19.7 Å². The quantitative estimate of drug-likeness (QED) is 0.467. The fraction of sp³-hybridized carbons (Fsp3) is 0.857. The SMILES string of the molecule is OCCCCCCNCCC1=CCCCC1. The van der Waals surface area contributed by atoms with Crippen LogP contribution in [0.15, 0.2) is 11.6 Å². The van der Waals surface area contributed by atoms with E-state index < -0.39 is 0 Å². The number of hydrogen-bond donors (Lipinski definition) is 2. The average molecular weight is 225 g/mol. The maximum atomic E-state index is 8.63. The van der Waals surface area contributed by atoms with Crippen LogP contribution in [0.2, 0.25) is 0 Å². The van der Waals surface area contributed by atoms with Gasteiger partial charge in [0.1, 0.15) is 0 Å². The summed E-state index contributed by atoms with van der Waals surface area (Å²) in [5.41, 5.74) is 1.67. The molecule has 2 heteroatoms. The lowest BCUT2D eigenvalue weighted by molar-refractivity contribution is 0.282. The van der Waals surface area contributed by atoms with Gasteiger partial charge < -0.3 is 10.4 Å². The summed E-state index contributed by atoms with van der Waals surface area (Å²) in [6, 6.07) is 0. The van der Waals surface area contributed by atoms with E-state index in [1.165, 1.54) is 51.4 Å². The molecule has 16 heavy (non-hydrogen) atoms. The summed E-state index contributed by atoms with van der Waals surface area (Å²) in [5, 5.41) is 12.1. The van der Waals surface area contributed by atoms with Crippen LogP contribution in [0.3, 0.4) is 0 Å². The fourth-order valence-electron chi connectivity index (χ4n) is 2.22. The number of rotatable bonds is 9. The third kappa shape index (κ3) is 7.02. The molecule has 2 nitrogen and oxygen atoms in total. The molecule has 0 radical (unpaired) electrons. The first kappa shape index (κ1) is 13.7. The van der Waals surface area contributed by atoms with E-state index in [2.05, 4.69) is 11.4 Å². The lowest BCUT2D eigenvalue weighted by Gasteiger charge is -2.12. The maximum Gasteiger partial charge on any atom is 0.0431 e. The van der Waals surface area contributed by atoms with Gasteiger partial charge in [-0.1, -0.05) is 24.5 Å². The summed E-state index contributed by atoms with van der Waals surface area (Å²) in [6.07, 6.45) is 13.7.